The van der Waals surface area contributed by atoms with Gasteiger partial charge in [-0.2, -0.15) is 0 Å². The molecule has 1 aliphatic carbocycles. The predicted octanol–water partition coefficient (Wildman–Crippen LogP) is 3.40. The predicted molar refractivity (Wildman–Crippen MR) is 76.2 cm³/mol. The minimum atomic E-state index is -0.935. The Morgan fingerprint density at radius 3 is 2.53 bits per heavy atom. The summed E-state index contributed by atoms with van der Waals surface area (Å²) in [6, 6.07) is 5.04. The molecule has 102 valence electrons. The molecule has 1 aromatic rings. The van der Waals surface area contributed by atoms with Crippen LogP contribution in [0, 0.1) is 17.3 Å². The Hall–Kier alpha value is -1.07. The van der Waals surface area contributed by atoms with Crippen molar-refractivity contribution in [2.75, 3.05) is 5.32 Å². The molecular weight excluding hydrogens is 334 g/mol. The summed E-state index contributed by atoms with van der Waals surface area (Å²) in [5.41, 5.74) is 0.0328. The van der Waals surface area contributed by atoms with Crippen LogP contribution in [0.3, 0.4) is 0 Å². The lowest BCUT2D eigenvalue weighted by Crippen LogP contribution is -2.18. The van der Waals surface area contributed by atoms with Gasteiger partial charge >= 0.3 is 5.97 Å². The standard InChI is InChI=1S/C13H13BrClNO3/c1-13(2)9(10(13)12(18)19)11(17)16-8-5-6(15)3-4-7(8)14/h3-5,9-10H,1-2H3,(H,16,17)(H,18,19)/t9-,10+/m1/s1. The van der Waals surface area contributed by atoms with Crippen LogP contribution in [0.2, 0.25) is 5.02 Å². The number of benzene rings is 1. The number of aliphatic carboxylic acids is 1. The first-order chi connectivity index (χ1) is 8.75. The number of carboxylic acid groups (broad SMARTS) is 1. The van der Waals surface area contributed by atoms with E-state index in [-0.39, 0.29) is 5.91 Å². The molecule has 1 aliphatic rings. The van der Waals surface area contributed by atoms with Crippen molar-refractivity contribution >= 4 is 45.1 Å². The minimum absolute atomic E-state index is 0.291. The number of carbonyl (C=O) groups is 2. The number of amides is 1. The highest BCUT2D eigenvalue weighted by Gasteiger charge is 2.65. The second kappa shape index (κ2) is 4.80. The van der Waals surface area contributed by atoms with Gasteiger partial charge in [0.2, 0.25) is 5.91 Å². The summed E-state index contributed by atoms with van der Waals surface area (Å²) in [7, 11) is 0. The minimum Gasteiger partial charge on any atom is -0.481 e. The lowest BCUT2D eigenvalue weighted by molar-refractivity contribution is -0.140. The molecule has 0 radical (unpaired) electrons. The zero-order chi connectivity index (χ0) is 14.4. The van der Waals surface area contributed by atoms with Crippen LogP contribution in [0.4, 0.5) is 5.69 Å². The summed E-state index contributed by atoms with van der Waals surface area (Å²) >= 11 is 9.18. The van der Waals surface area contributed by atoms with E-state index < -0.39 is 23.2 Å². The van der Waals surface area contributed by atoms with Crippen molar-refractivity contribution < 1.29 is 14.7 Å². The summed E-state index contributed by atoms with van der Waals surface area (Å²) in [6.07, 6.45) is 0. The Morgan fingerprint density at radius 2 is 2.00 bits per heavy atom. The Morgan fingerprint density at radius 1 is 1.37 bits per heavy atom. The third-order valence-corrected chi connectivity index (χ3v) is 4.49. The van der Waals surface area contributed by atoms with Gasteiger partial charge in [-0.3, -0.25) is 9.59 Å². The summed E-state index contributed by atoms with van der Waals surface area (Å²) in [6.45, 7) is 3.56. The van der Waals surface area contributed by atoms with Crippen molar-refractivity contribution in [1.29, 1.82) is 0 Å². The number of halogens is 2. The van der Waals surface area contributed by atoms with Crippen LogP contribution >= 0.6 is 27.5 Å². The second-order valence-corrected chi connectivity index (χ2v) is 6.52. The average molecular weight is 347 g/mol. The first-order valence-electron chi connectivity index (χ1n) is 5.74. The fourth-order valence-electron chi connectivity index (χ4n) is 2.39. The first kappa shape index (κ1) is 14.3. The van der Waals surface area contributed by atoms with E-state index >= 15 is 0 Å². The monoisotopic (exact) mass is 345 g/mol. The van der Waals surface area contributed by atoms with Crippen LogP contribution < -0.4 is 5.32 Å². The van der Waals surface area contributed by atoms with Crippen LogP contribution in [0.15, 0.2) is 22.7 Å². The van der Waals surface area contributed by atoms with Crippen LogP contribution in [-0.2, 0) is 9.59 Å². The molecule has 2 rings (SSSR count). The molecular formula is C13H13BrClNO3. The molecule has 2 atom stereocenters. The van der Waals surface area contributed by atoms with Crippen LogP contribution in [0.5, 0.6) is 0 Å². The molecule has 0 spiro atoms. The quantitative estimate of drug-likeness (QED) is 0.881. The summed E-state index contributed by atoms with van der Waals surface area (Å²) in [5, 5.41) is 12.3. The normalized spacial score (nSPS) is 23.8. The van der Waals surface area contributed by atoms with Gasteiger partial charge in [-0.25, -0.2) is 0 Å². The van der Waals surface area contributed by atoms with Crippen molar-refractivity contribution in [3.63, 3.8) is 0 Å². The van der Waals surface area contributed by atoms with E-state index in [0.29, 0.717) is 15.2 Å². The smallest absolute Gasteiger partial charge is 0.307 e. The third-order valence-electron chi connectivity index (χ3n) is 3.56. The average Bonchev–Trinajstić information content (AvgIpc) is 2.87. The van der Waals surface area contributed by atoms with E-state index in [0.717, 1.165) is 0 Å². The van der Waals surface area contributed by atoms with Gasteiger partial charge in [0.05, 0.1) is 17.5 Å². The van der Waals surface area contributed by atoms with E-state index in [4.69, 9.17) is 16.7 Å². The van der Waals surface area contributed by atoms with Crippen LogP contribution in [0.1, 0.15) is 13.8 Å². The zero-order valence-electron chi connectivity index (χ0n) is 10.4. The van der Waals surface area contributed by atoms with Crippen molar-refractivity contribution in [3.05, 3.63) is 27.7 Å². The number of hydrogen-bond acceptors (Lipinski definition) is 2. The van der Waals surface area contributed by atoms with Gasteiger partial charge in [0.15, 0.2) is 0 Å². The van der Waals surface area contributed by atoms with Crippen molar-refractivity contribution in [1.82, 2.24) is 0 Å². The molecule has 4 nitrogen and oxygen atoms in total. The molecule has 1 aromatic carbocycles. The molecule has 0 heterocycles. The van der Waals surface area contributed by atoms with Gasteiger partial charge in [-0.05, 0) is 39.5 Å². The van der Waals surface area contributed by atoms with Gasteiger partial charge in [0, 0.05) is 9.50 Å². The fourth-order valence-corrected chi connectivity index (χ4v) is 2.91. The number of carboxylic acids is 1. The van der Waals surface area contributed by atoms with Crippen molar-refractivity contribution in [3.8, 4) is 0 Å². The molecule has 0 saturated heterocycles. The van der Waals surface area contributed by atoms with Gasteiger partial charge in [0.25, 0.3) is 0 Å². The fraction of sp³-hybridized carbons (Fsp3) is 0.385. The number of anilines is 1. The van der Waals surface area contributed by atoms with Crippen molar-refractivity contribution in [2.24, 2.45) is 17.3 Å². The number of nitrogens with one attached hydrogen (secondary N) is 1. The molecule has 0 bridgehead atoms. The highest BCUT2D eigenvalue weighted by molar-refractivity contribution is 9.10. The third kappa shape index (κ3) is 2.62. The molecule has 0 unspecified atom stereocenters. The highest BCUT2D eigenvalue weighted by Crippen LogP contribution is 2.58. The molecule has 6 heteroatoms. The Balaban J connectivity index is 2.15. The molecule has 0 aromatic heterocycles. The Labute approximate surface area is 124 Å². The van der Waals surface area contributed by atoms with E-state index in [1.54, 1.807) is 32.0 Å². The highest BCUT2D eigenvalue weighted by atomic mass is 79.9. The summed E-state index contributed by atoms with van der Waals surface area (Å²) in [5.74, 6) is -2.38. The van der Waals surface area contributed by atoms with Crippen molar-refractivity contribution in [2.45, 2.75) is 13.8 Å². The molecule has 1 amide bonds. The van der Waals surface area contributed by atoms with E-state index in [1.165, 1.54) is 0 Å². The summed E-state index contributed by atoms with van der Waals surface area (Å²) < 4.78 is 0.704. The maximum absolute atomic E-state index is 12.1. The lowest BCUT2D eigenvalue weighted by Gasteiger charge is -2.08. The maximum Gasteiger partial charge on any atom is 0.307 e. The summed E-state index contributed by atoms with van der Waals surface area (Å²) in [4.78, 5) is 23.2. The van der Waals surface area contributed by atoms with Crippen LogP contribution in [-0.4, -0.2) is 17.0 Å². The molecule has 1 fully saturated rings. The van der Waals surface area contributed by atoms with Gasteiger partial charge in [-0.15, -0.1) is 0 Å². The molecule has 19 heavy (non-hydrogen) atoms. The lowest BCUT2D eigenvalue weighted by atomic mass is 10.1. The van der Waals surface area contributed by atoms with E-state index in [2.05, 4.69) is 21.2 Å². The zero-order valence-corrected chi connectivity index (χ0v) is 12.7. The van der Waals surface area contributed by atoms with Crippen LogP contribution in [0.25, 0.3) is 0 Å². The number of hydrogen-bond donors (Lipinski definition) is 2. The maximum atomic E-state index is 12.1. The Kier molecular flexibility index (Phi) is 3.62. The second-order valence-electron chi connectivity index (χ2n) is 5.23. The van der Waals surface area contributed by atoms with Gasteiger partial charge in [-0.1, -0.05) is 25.4 Å². The molecule has 0 aliphatic heterocycles. The molecule has 1 saturated carbocycles. The van der Waals surface area contributed by atoms with E-state index in [1.807, 2.05) is 0 Å². The van der Waals surface area contributed by atoms with Gasteiger partial charge in [0.1, 0.15) is 0 Å². The first-order valence-corrected chi connectivity index (χ1v) is 6.91. The van der Waals surface area contributed by atoms with E-state index in [9.17, 15) is 9.59 Å². The van der Waals surface area contributed by atoms with Gasteiger partial charge < -0.3 is 10.4 Å². The Bertz CT molecular complexity index is 559. The topological polar surface area (TPSA) is 66.4 Å². The largest absolute Gasteiger partial charge is 0.481 e. The number of carbonyl (C=O) groups excluding carboxylic acids is 1. The molecule has 2 N–H and O–H groups in total. The number of rotatable bonds is 3. The SMILES string of the molecule is CC1(C)[C@H](C(=O)O)[C@@H]1C(=O)Nc1cc(Cl)ccc1Br.